The molecular formula is C11H10ClFN2O. The fraction of sp³-hybridized carbons (Fsp3) is 0.182. The van der Waals surface area contributed by atoms with Crippen molar-refractivity contribution in [2.45, 2.75) is 13.3 Å². The molecule has 0 atom stereocenters. The first-order valence-electron chi connectivity index (χ1n) is 4.83. The molecule has 16 heavy (non-hydrogen) atoms. The average molecular weight is 241 g/mol. The van der Waals surface area contributed by atoms with Crippen LogP contribution in [0.2, 0.25) is 5.02 Å². The van der Waals surface area contributed by atoms with Crippen molar-refractivity contribution in [3.8, 4) is 11.1 Å². The first kappa shape index (κ1) is 11.0. The predicted octanol–water partition coefficient (Wildman–Crippen LogP) is 3.28. The summed E-state index contributed by atoms with van der Waals surface area (Å²) in [4.78, 5) is 0. The van der Waals surface area contributed by atoms with E-state index in [1.165, 1.54) is 12.1 Å². The lowest BCUT2D eigenvalue weighted by Crippen LogP contribution is -1.90. The highest BCUT2D eigenvalue weighted by atomic mass is 35.5. The van der Waals surface area contributed by atoms with Crippen LogP contribution in [0.15, 0.2) is 22.7 Å². The third kappa shape index (κ3) is 1.76. The molecule has 0 radical (unpaired) electrons. The molecule has 0 spiro atoms. The van der Waals surface area contributed by atoms with E-state index < -0.39 is 0 Å². The fourth-order valence-electron chi connectivity index (χ4n) is 1.56. The molecule has 0 saturated heterocycles. The van der Waals surface area contributed by atoms with Crippen LogP contribution in [0.25, 0.3) is 11.1 Å². The monoisotopic (exact) mass is 240 g/mol. The molecular weight excluding hydrogens is 231 g/mol. The standard InChI is InChI=1S/C11H10ClFN2O/c1-2-9-10(11(14)16-15-9)7-4-3-6(13)5-8(7)12/h3-5H,2,14H2,1H3. The number of hydrogen-bond acceptors (Lipinski definition) is 3. The van der Waals surface area contributed by atoms with Crippen molar-refractivity contribution in [1.82, 2.24) is 5.16 Å². The summed E-state index contributed by atoms with van der Waals surface area (Å²) >= 11 is 5.96. The van der Waals surface area contributed by atoms with Gasteiger partial charge in [0.2, 0.25) is 5.88 Å². The summed E-state index contributed by atoms with van der Waals surface area (Å²) in [5.74, 6) is -0.188. The van der Waals surface area contributed by atoms with E-state index in [2.05, 4.69) is 5.16 Å². The Kier molecular flexibility index (Phi) is 2.83. The number of nitrogen functional groups attached to an aromatic ring is 1. The number of anilines is 1. The first-order chi connectivity index (χ1) is 7.63. The summed E-state index contributed by atoms with van der Waals surface area (Å²) in [7, 11) is 0. The van der Waals surface area contributed by atoms with Gasteiger partial charge in [-0.15, -0.1) is 0 Å². The Labute approximate surface area is 97.0 Å². The summed E-state index contributed by atoms with van der Waals surface area (Å²) in [5.41, 5.74) is 7.67. The molecule has 1 aromatic heterocycles. The summed E-state index contributed by atoms with van der Waals surface area (Å²) in [6, 6.07) is 4.13. The van der Waals surface area contributed by atoms with E-state index in [-0.39, 0.29) is 11.7 Å². The van der Waals surface area contributed by atoms with Gasteiger partial charge in [-0.3, -0.25) is 0 Å². The third-order valence-electron chi connectivity index (χ3n) is 2.32. The van der Waals surface area contributed by atoms with E-state index in [0.717, 1.165) is 0 Å². The van der Waals surface area contributed by atoms with Crippen LogP contribution < -0.4 is 5.73 Å². The van der Waals surface area contributed by atoms with Crippen molar-refractivity contribution in [2.24, 2.45) is 0 Å². The zero-order valence-electron chi connectivity index (χ0n) is 8.63. The van der Waals surface area contributed by atoms with Crippen LogP contribution in [0.4, 0.5) is 10.3 Å². The van der Waals surface area contributed by atoms with Gasteiger partial charge in [0.25, 0.3) is 0 Å². The number of aryl methyl sites for hydroxylation is 1. The molecule has 2 rings (SSSR count). The van der Waals surface area contributed by atoms with Crippen LogP contribution in [-0.2, 0) is 6.42 Å². The number of nitrogens with two attached hydrogens (primary N) is 1. The minimum atomic E-state index is -0.387. The maximum absolute atomic E-state index is 12.9. The molecule has 0 amide bonds. The van der Waals surface area contributed by atoms with Crippen molar-refractivity contribution < 1.29 is 8.91 Å². The summed E-state index contributed by atoms with van der Waals surface area (Å²) < 4.78 is 17.8. The molecule has 3 nitrogen and oxygen atoms in total. The highest BCUT2D eigenvalue weighted by Crippen LogP contribution is 2.35. The molecule has 5 heteroatoms. The minimum Gasteiger partial charge on any atom is -0.367 e. The molecule has 0 aliphatic rings. The minimum absolute atomic E-state index is 0.199. The number of aromatic nitrogens is 1. The van der Waals surface area contributed by atoms with Gasteiger partial charge in [-0.2, -0.15) is 0 Å². The Morgan fingerprint density at radius 3 is 2.88 bits per heavy atom. The second-order valence-electron chi connectivity index (χ2n) is 3.35. The molecule has 0 unspecified atom stereocenters. The normalized spacial score (nSPS) is 10.7. The highest BCUT2D eigenvalue weighted by molar-refractivity contribution is 6.33. The van der Waals surface area contributed by atoms with Gasteiger partial charge in [-0.05, 0) is 24.6 Å². The SMILES string of the molecule is CCc1noc(N)c1-c1ccc(F)cc1Cl. The van der Waals surface area contributed by atoms with Crippen molar-refractivity contribution in [3.63, 3.8) is 0 Å². The molecule has 2 aromatic rings. The Bertz CT molecular complexity index is 525. The van der Waals surface area contributed by atoms with Gasteiger partial charge in [0.15, 0.2) is 0 Å². The molecule has 0 saturated carbocycles. The van der Waals surface area contributed by atoms with Crippen molar-refractivity contribution in [3.05, 3.63) is 34.7 Å². The largest absolute Gasteiger partial charge is 0.367 e. The van der Waals surface area contributed by atoms with Crippen LogP contribution in [0.3, 0.4) is 0 Å². The Hall–Kier alpha value is -1.55. The average Bonchev–Trinajstić information content (AvgIpc) is 2.60. The number of rotatable bonds is 2. The van der Waals surface area contributed by atoms with Crippen LogP contribution in [0, 0.1) is 5.82 Å². The highest BCUT2D eigenvalue weighted by Gasteiger charge is 2.17. The van der Waals surface area contributed by atoms with Gasteiger partial charge >= 0.3 is 0 Å². The molecule has 1 aromatic carbocycles. The van der Waals surface area contributed by atoms with E-state index in [1.807, 2.05) is 6.92 Å². The molecule has 0 bridgehead atoms. The van der Waals surface area contributed by atoms with Crippen molar-refractivity contribution in [1.29, 1.82) is 0 Å². The molecule has 1 heterocycles. The summed E-state index contributed by atoms with van der Waals surface area (Å²) in [5, 5.41) is 4.12. The van der Waals surface area contributed by atoms with E-state index >= 15 is 0 Å². The molecule has 0 aliphatic heterocycles. The molecule has 2 N–H and O–H groups in total. The molecule has 84 valence electrons. The van der Waals surface area contributed by atoms with Crippen LogP contribution in [0.5, 0.6) is 0 Å². The lowest BCUT2D eigenvalue weighted by atomic mass is 10.0. The Balaban J connectivity index is 2.62. The Morgan fingerprint density at radius 2 is 2.25 bits per heavy atom. The number of nitrogens with zero attached hydrogens (tertiary/aromatic N) is 1. The number of benzene rings is 1. The fourth-order valence-corrected chi connectivity index (χ4v) is 1.82. The summed E-state index contributed by atoms with van der Waals surface area (Å²) in [6.45, 7) is 1.93. The number of hydrogen-bond donors (Lipinski definition) is 1. The molecule has 0 aliphatic carbocycles. The van der Waals surface area contributed by atoms with Gasteiger partial charge in [-0.25, -0.2) is 4.39 Å². The zero-order chi connectivity index (χ0) is 11.7. The van der Waals surface area contributed by atoms with Crippen molar-refractivity contribution >= 4 is 17.5 Å². The lowest BCUT2D eigenvalue weighted by Gasteiger charge is -2.03. The quantitative estimate of drug-likeness (QED) is 0.876. The Morgan fingerprint density at radius 1 is 1.50 bits per heavy atom. The topological polar surface area (TPSA) is 52.0 Å². The smallest absolute Gasteiger partial charge is 0.230 e. The van der Waals surface area contributed by atoms with Gasteiger partial charge in [0, 0.05) is 5.56 Å². The second kappa shape index (κ2) is 4.14. The van der Waals surface area contributed by atoms with Crippen molar-refractivity contribution in [2.75, 3.05) is 5.73 Å². The van der Waals surface area contributed by atoms with E-state index in [1.54, 1.807) is 6.07 Å². The van der Waals surface area contributed by atoms with E-state index in [4.69, 9.17) is 21.9 Å². The van der Waals surface area contributed by atoms with Gasteiger partial charge < -0.3 is 10.3 Å². The summed E-state index contributed by atoms with van der Waals surface area (Å²) in [6.07, 6.45) is 0.670. The molecule has 0 fully saturated rings. The second-order valence-corrected chi connectivity index (χ2v) is 3.75. The van der Waals surface area contributed by atoms with Gasteiger partial charge in [0.05, 0.1) is 16.3 Å². The predicted molar refractivity (Wildman–Crippen MR) is 60.7 cm³/mol. The zero-order valence-corrected chi connectivity index (χ0v) is 9.38. The maximum atomic E-state index is 12.9. The van der Waals surface area contributed by atoms with Crippen LogP contribution in [0.1, 0.15) is 12.6 Å². The first-order valence-corrected chi connectivity index (χ1v) is 5.20. The van der Waals surface area contributed by atoms with E-state index in [0.29, 0.717) is 28.3 Å². The third-order valence-corrected chi connectivity index (χ3v) is 2.64. The lowest BCUT2D eigenvalue weighted by molar-refractivity contribution is 0.428. The van der Waals surface area contributed by atoms with Gasteiger partial charge in [-0.1, -0.05) is 23.7 Å². The van der Waals surface area contributed by atoms with Crippen LogP contribution >= 0.6 is 11.6 Å². The van der Waals surface area contributed by atoms with Crippen LogP contribution in [-0.4, -0.2) is 5.16 Å². The number of halogens is 2. The van der Waals surface area contributed by atoms with E-state index in [9.17, 15) is 4.39 Å². The van der Waals surface area contributed by atoms with Gasteiger partial charge in [0.1, 0.15) is 5.82 Å². The maximum Gasteiger partial charge on any atom is 0.230 e.